The van der Waals surface area contributed by atoms with Crippen LogP contribution in [0.15, 0.2) is 23.0 Å². The lowest BCUT2D eigenvalue weighted by atomic mass is 10.1. The smallest absolute Gasteiger partial charge is 0.254 e. The van der Waals surface area contributed by atoms with Crippen LogP contribution in [0.3, 0.4) is 0 Å². The molecule has 2 rings (SSSR count). The number of rotatable bonds is 3. The van der Waals surface area contributed by atoms with Crippen molar-refractivity contribution in [1.29, 1.82) is 0 Å². The minimum atomic E-state index is -0.588. The average Bonchev–Trinajstić information content (AvgIpc) is 2.83. The summed E-state index contributed by atoms with van der Waals surface area (Å²) in [6.45, 7) is 1.60. The Hall–Kier alpha value is -2.44. The summed E-state index contributed by atoms with van der Waals surface area (Å²) in [5.41, 5.74) is 6.12. The summed E-state index contributed by atoms with van der Waals surface area (Å²) in [4.78, 5) is 15.5. The van der Waals surface area contributed by atoms with Gasteiger partial charge in [-0.15, -0.1) is 0 Å². The van der Waals surface area contributed by atoms with E-state index in [2.05, 4.69) is 20.0 Å². The molecule has 0 atom stereocenters. The number of aryl methyl sites for hydroxylation is 1. The van der Waals surface area contributed by atoms with E-state index in [9.17, 15) is 9.18 Å². The van der Waals surface area contributed by atoms with E-state index in [-0.39, 0.29) is 12.1 Å². The molecule has 3 N–H and O–H groups in total. The summed E-state index contributed by atoms with van der Waals surface area (Å²) < 4.78 is 18.2. The van der Waals surface area contributed by atoms with Gasteiger partial charge in [0.2, 0.25) is 6.39 Å². The molecule has 0 saturated carbocycles. The summed E-state index contributed by atoms with van der Waals surface area (Å²) in [7, 11) is 0. The molecule has 7 heteroatoms. The van der Waals surface area contributed by atoms with E-state index in [0.717, 1.165) is 6.39 Å². The monoisotopic (exact) mass is 250 g/mol. The van der Waals surface area contributed by atoms with Crippen molar-refractivity contribution in [3.8, 4) is 0 Å². The highest BCUT2D eigenvalue weighted by molar-refractivity contribution is 5.95. The van der Waals surface area contributed by atoms with Crippen molar-refractivity contribution < 1.29 is 13.7 Å². The number of carbonyl (C=O) groups excluding carboxylic acids is 1. The van der Waals surface area contributed by atoms with E-state index in [1.54, 1.807) is 6.92 Å². The molecule has 0 saturated heterocycles. The minimum Gasteiger partial charge on any atom is -0.399 e. The highest BCUT2D eigenvalue weighted by Gasteiger charge is 2.15. The van der Waals surface area contributed by atoms with Crippen LogP contribution in [0.4, 0.5) is 10.1 Å². The number of aromatic nitrogens is 2. The molecule has 1 heterocycles. The van der Waals surface area contributed by atoms with Crippen LogP contribution in [-0.4, -0.2) is 16.0 Å². The number of nitrogens with two attached hydrogens (primary N) is 1. The van der Waals surface area contributed by atoms with E-state index in [1.807, 2.05) is 0 Å². The van der Waals surface area contributed by atoms with Crippen molar-refractivity contribution in [2.24, 2.45) is 0 Å². The lowest BCUT2D eigenvalue weighted by Crippen LogP contribution is -2.24. The molecule has 1 aromatic heterocycles. The predicted octanol–water partition coefficient (Wildman–Crippen LogP) is 1.03. The summed E-state index contributed by atoms with van der Waals surface area (Å²) in [6.07, 6.45) is 1.15. The first-order valence-corrected chi connectivity index (χ1v) is 5.17. The number of carbonyl (C=O) groups is 1. The van der Waals surface area contributed by atoms with Crippen molar-refractivity contribution in [1.82, 2.24) is 15.5 Å². The van der Waals surface area contributed by atoms with Gasteiger partial charge in [-0.2, -0.15) is 4.98 Å². The average molecular weight is 250 g/mol. The molecule has 6 nitrogen and oxygen atoms in total. The van der Waals surface area contributed by atoms with E-state index in [0.29, 0.717) is 17.1 Å². The van der Waals surface area contributed by atoms with E-state index < -0.39 is 11.7 Å². The quantitative estimate of drug-likeness (QED) is 0.793. The molecule has 2 aromatic rings. The maximum Gasteiger partial charge on any atom is 0.254 e. The van der Waals surface area contributed by atoms with Gasteiger partial charge in [-0.1, -0.05) is 5.16 Å². The summed E-state index contributed by atoms with van der Waals surface area (Å²) in [6, 6.07) is 2.75. The molecular formula is C11H11FN4O2. The Morgan fingerprint density at radius 2 is 2.33 bits per heavy atom. The first-order valence-electron chi connectivity index (χ1n) is 5.17. The number of hydrogen-bond acceptors (Lipinski definition) is 5. The molecule has 0 aliphatic carbocycles. The lowest BCUT2D eigenvalue weighted by Gasteiger charge is -2.07. The second-order valence-electron chi connectivity index (χ2n) is 3.73. The number of hydrogen-bond donors (Lipinski definition) is 2. The molecule has 0 aliphatic rings. The normalized spacial score (nSPS) is 10.3. The number of halogens is 1. The standard InChI is InChI=1S/C11H11FN4O2/c1-6-2-7(13)3-8(10(6)12)11(17)14-4-9-15-5-18-16-9/h2-3,5H,4,13H2,1H3,(H,14,17). The van der Waals surface area contributed by atoms with Gasteiger partial charge in [-0.25, -0.2) is 4.39 Å². The highest BCUT2D eigenvalue weighted by Crippen LogP contribution is 2.16. The third-order valence-electron chi connectivity index (χ3n) is 2.34. The van der Waals surface area contributed by atoms with Crippen LogP contribution < -0.4 is 11.1 Å². The first-order chi connectivity index (χ1) is 8.58. The minimum absolute atomic E-state index is 0.0582. The largest absolute Gasteiger partial charge is 0.399 e. The number of nitrogens with one attached hydrogen (secondary N) is 1. The van der Waals surface area contributed by atoms with Crippen molar-refractivity contribution in [3.05, 3.63) is 41.3 Å². The molecule has 0 bridgehead atoms. The Bertz CT molecular complexity index is 569. The Kier molecular flexibility index (Phi) is 3.22. The zero-order valence-electron chi connectivity index (χ0n) is 9.61. The number of nitrogen functional groups attached to an aromatic ring is 1. The summed E-state index contributed by atoms with van der Waals surface area (Å²) in [5.74, 6) is -0.855. The van der Waals surface area contributed by atoms with Crippen LogP contribution in [0, 0.1) is 12.7 Å². The van der Waals surface area contributed by atoms with Crippen LogP contribution in [0.5, 0.6) is 0 Å². The van der Waals surface area contributed by atoms with Crippen LogP contribution >= 0.6 is 0 Å². The van der Waals surface area contributed by atoms with Gasteiger partial charge in [0.1, 0.15) is 5.82 Å². The molecular weight excluding hydrogens is 239 g/mol. The van der Waals surface area contributed by atoms with Gasteiger partial charge in [0, 0.05) is 5.69 Å². The second-order valence-corrected chi connectivity index (χ2v) is 3.73. The van der Waals surface area contributed by atoms with Crippen LogP contribution in [0.2, 0.25) is 0 Å². The van der Waals surface area contributed by atoms with Crippen molar-refractivity contribution in [2.45, 2.75) is 13.5 Å². The van der Waals surface area contributed by atoms with Gasteiger partial charge < -0.3 is 15.6 Å². The van der Waals surface area contributed by atoms with Gasteiger partial charge in [0.25, 0.3) is 5.91 Å². The lowest BCUT2D eigenvalue weighted by molar-refractivity contribution is 0.0945. The van der Waals surface area contributed by atoms with Gasteiger partial charge in [-0.05, 0) is 24.6 Å². The zero-order chi connectivity index (χ0) is 13.1. The number of nitrogens with zero attached hydrogens (tertiary/aromatic N) is 2. The SMILES string of the molecule is Cc1cc(N)cc(C(=O)NCc2ncon2)c1F. The number of anilines is 1. The molecule has 0 unspecified atom stereocenters. The Morgan fingerprint density at radius 1 is 1.56 bits per heavy atom. The molecule has 1 aromatic carbocycles. The first kappa shape index (κ1) is 12.0. The molecule has 0 fully saturated rings. The molecule has 0 aliphatic heterocycles. The molecule has 0 radical (unpaired) electrons. The summed E-state index contributed by atoms with van der Waals surface area (Å²) >= 11 is 0. The predicted molar refractivity (Wildman–Crippen MR) is 61.0 cm³/mol. The van der Waals surface area contributed by atoms with Crippen LogP contribution in [-0.2, 0) is 6.54 Å². The Labute approximate surface area is 102 Å². The van der Waals surface area contributed by atoms with E-state index >= 15 is 0 Å². The Balaban J connectivity index is 2.14. The molecule has 94 valence electrons. The fourth-order valence-corrected chi connectivity index (χ4v) is 1.49. The van der Waals surface area contributed by atoms with Gasteiger partial charge in [-0.3, -0.25) is 4.79 Å². The van der Waals surface area contributed by atoms with Crippen molar-refractivity contribution in [3.63, 3.8) is 0 Å². The Morgan fingerprint density at radius 3 is 3.00 bits per heavy atom. The van der Waals surface area contributed by atoms with Crippen LogP contribution in [0.1, 0.15) is 21.7 Å². The molecule has 18 heavy (non-hydrogen) atoms. The zero-order valence-corrected chi connectivity index (χ0v) is 9.61. The topological polar surface area (TPSA) is 94.0 Å². The maximum atomic E-state index is 13.7. The number of amides is 1. The second kappa shape index (κ2) is 4.82. The van der Waals surface area contributed by atoms with E-state index in [4.69, 9.17) is 5.73 Å². The van der Waals surface area contributed by atoms with Gasteiger partial charge in [0.15, 0.2) is 5.82 Å². The maximum absolute atomic E-state index is 13.7. The third kappa shape index (κ3) is 2.45. The molecule has 1 amide bonds. The van der Waals surface area contributed by atoms with E-state index in [1.165, 1.54) is 12.1 Å². The fraction of sp³-hybridized carbons (Fsp3) is 0.182. The molecule has 0 spiro atoms. The van der Waals surface area contributed by atoms with Crippen molar-refractivity contribution in [2.75, 3.05) is 5.73 Å². The van der Waals surface area contributed by atoms with Gasteiger partial charge in [0.05, 0.1) is 12.1 Å². The van der Waals surface area contributed by atoms with Crippen LogP contribution in [0.25, 0.3) is 0 Å². The fourth-order valence-electron chi connectivity index (χ4n) is 1.49. The van der Waals surface area contributed by atoms with Gasteiger partial charge >= 0.3 is 0 Å². The highest BCUT2D eigenvalue weighted by atomic mass is 19.1. The third-order valence-corrected chi connectivity index (χ3v) is 2.34. The summed E-state index contributed by atoms with van der Waals surface area (Å²) in [5, 5.41) is 6.00. The van der Waals surface area contributed by atoms with Crippen molar-refractivity contribution >= 4 is 11.6 Å². The number of benzene rings is 1.